The Morgan fingerprint density at radius 3 is 2.69 bits per heavy atom. The molecule has 6 heteroatoms. The lowest BCUT2D eigenvalue weighted by Gasteiger charge is -2.05. The van der Waals surface area contributed by atoms with Gasteiger partial charge in [0.1, 0.15) is 10.2 Å². The first-order chi connectivity index (χ1) is 7.66. The predicted octanol–water partition coefficient (Wildman–Crippen LogP) is 2.93. The molecule has 1 aromatic carbocycles. The second-order valence-electron chi connectivity index (χ2n) is 2.91. The Bertz CT molecular complexity index is 553. The highest BCUT2D eigenvalue weighted by atomic mass is 127. The maximum absolute atomic E-state index is 11.3. The first kappa shape index (κ1) is 11.6. The van der Waals surface area contributed by atoms with E-state index in [1.807, 2.05) is 24.3 Å². The lowest BCUT2D eigenvalue weighted by Crippen LogP contribution is -2.08. The van der Waals surface area contributed by atoms with Crippen LogP contribution in [0.15, 0.2) is 39.9 Å². The molecule has 0 radical (unpaired) electrons. The van der Waals surface area contributed by atoms with Gasteiger partial charge < -0.3 is 9.72 Å². The van der Waals surface area contributed by atoms with Gasteiger partial charge in [0.2, 0.25) is 5.88 Å². The molecule has 0 fully saturated rings. The normalized spacial score (nSPS) is 10.1. The molecular weight excluding hydrogens is 387 g/mol. The van der Waals surface area contributed by atoms with Gasteiger partial charge in [-0.1, -0.05) is 0 Å². The number of aromatic amines is 1. The van der Waals surface area contributed by atoms with Crippen molar-refractivity contribution in [3.63, 3.8) is 0 Å². The monoisotopic (exact) mass is 392 g/mol. The zero-order valence-electron chi connectivity index (χ0n) is 7.91. The fourth-order valence-corrected chi connectivity index (χ4v) is 1.71. The second-order valence-corrected chi connectivity index (χ2v) is 4.95. The van der Waals surface area contributed by atoms with Gasteiger partial charge in [0, 0.05) is 3.57 Å². The zero-order chi connectivity index (χ0) is 11.5. The van der Waals surface area contributed by atoms with Gasteiger partial charge >= 0.3 is 0 Å². The van der Waals surface area contributed by atoms with Crippen molar-refractivity contribution in [2.24, 2.45) is 0 Å². The van der Waals surface area contributed by atoms with Gasteiger partial charge in [-0.15, -0.1) is 0 Å². The standard InChI is InChI=1S/C10H6BrIN2O2/c11-8-9(15)13-5-14-10(8)16-7-3-1-6(12)2-4-7/h1-5H,(H,13,14,15). The number of aromatic nitrogens is 2. The zero-order valence-corrected chi connectivity index (χ0v) is 11.6. The van der Waals surface area contributed by atoms with Crippen LogP contribution in [0.5, 0.6) is 11.6 Å². The Hall–Kier alpha value is -0.890. The Labute approximate surface area is 113 Å². The van der Waals surface area contributed by atoms with Crippen LogP contribution in [0.4, 0.5) is 0 Å². The Morgan fingerprint density at radius 1 is 1.31 bits per heavy atom. The van der Waals surface area contributed by atoms with Gasteiger partial charge in [-0.05, 0) is 62.8 Å². The fraction of sp³-hybridized carbons (Fsp3) is 0. The van der Waals surface area contributed by atoms with Gasteiger partial charge in [0.25, 0.3) is 5.56 Å². The van der Waals surface area contributed by atoms with Crippen molar-refractivity contribution >= 4 is 38.5 Å². The highest BCUT2D eigenvalue weighted by Crippen LogP contribution is 2.24. The van der Waals surface area contributed by atoms with Crippen molar-refractivity contribution in [3.05, 3.63) is 49.0 Å². The molecule has 4 nitrogen and oxygen atoms in total. The van der Waals surface area contributed by atoms with Crippen LogP contribution in [0.25, 0.3) is 0 Å². The number of hydrogen-bond acceptors (Lipinski definition) is 3. The molecule has 0 spiro atoms. The summed E-state index contributed by atoms with van der Waals surface area (Å²) >= 11 is 5.32. The SMILES string of the molecule is O=c1[nH]cnc(Oc2ccc(I)cc2)c1Br. The molecule has 2 rings (SSSR count). The highest BCUT2D eigenvalue weighted by molar-refractivity contribution is 14.1. The van der Waals surface area contributed by atoms with E-state index in [1.54, 1.807) is 0 Å². The smallest absolute Gasteiger partial charge is 0.268 e. The van der Waals surface area contributed by atoms with Gasteiger partial charge in [-0.25, -0.2) is 4.98 Å². The summed E-state index contributed by atoms with van der Waals surface area (Å²) in [6.07, 6.45) is 1.30. The number of H-pyrrole nitrogens is 1. The lowest BCUT2D eigenvalue weighted by atomic mass is 10.3. The Morgan fingerprint density at radius 2 is 2.00 bits per heavy atom. The molecule has 82 valence electrons. The van der Waals surface area contributed by atoms with E-state index >= 15 is 0 Å². The fourth-order valence-electron chi connectivity index (χ4n) is 1.05. The summed E-state index contributed by atoms with van der Waals surface area (Å²) < 4.78 is 6.86. The minimum atomic E-state index is -0.268. The molecule has 0 atom stereocenters. The minimum absolute atomic E-state index is 0.255. The largest absolute Gasteiger partial charge is 0.438 e. The van der Waals surface area contributed by atoms with Crippen LogP contribution >= 0.6 is 38.5 Å². The molecule has 0 unspecified atom stereocenters. The van der Waals surface area contributed by atoms with E-state index in [1.165, 1.54) is 6.33 Å². The Balaban J connectivity index is 2.30. The third kappa shape index (κ3) is 2.62. The van der Waals surface area contributed by atoms with Crippen LogP contribution < -0.4 is 10.3 Å². The number of hydrogen-bond donors (Lipinski definition) is 1. The van der Waals surface area contributed by atoms with Crippen LogP contribution in [0.2, 0.25) is 0 Å². The number of nitrogens with one attached hydrogen (secondary N) is 1. The summed E-state index contributed by atoms with van der Waals surface area (Å²) in [4.78, 5) is 17.6. The minimum Gasteiger partial charge on any atom is -0.438 e. The number of rotatable bonds is 2. The molecule has 1 aromatic heterocycles. The molecule has 2 aromatic rings. The molecule has 0 aliphatic carbocycles. The summed E-state index contributed by atoms with van der Waals surface area (Å²) in [6, 6.07) is 7.46. The molecule has 0 amide bonds. The number of ether oxygens (including phenoxy) is 1. The maximum Gasteiger partial charge on any atom is 0.268 e. The first-order valence-corrected chi connectivity index (χ1v) is 6.20. The van der Waals surface area contributed by atoms with Crippen LogP contribution in [0.3, 0.4) is 0 Å². The van der Waals surface area contributed by atoms with Gasteiger partial charge in [0.05, 0.1) is 6.33 Å². The molecule has 0 bridgehead atoms. The molecule has 1 heterocycles. The van der Waals surface area contributed by atoms with E-state index in [0.717, 1.165) is 3.57 Å². The van der Waals surface area contributed by atoms with E-state index in [4.69, 9.17) is 4.74 Å². The van der Waals surface area contributed by atoms with Crippen molar-refractivity contribution in [1.29, 1.82) is 0 Å². The number of benzene rings is 1. The third-order valence-electron chi connectivity index (χ3n) is 1.79. The average Bonchev–Trinajstić information content (AvgIpc) is 2.28. The topological polar surface area (TPSA) is 55.0 Å². The van der Waals surface area contributed by atoms with Crippen molar-refractivity contribution in [2.45, 2.75) is 0 Å². The van der Waals surface area contributed by atoms with E-state index < -0.39 is 0 Å². The number of halogens is 2. The molecule has 0 saturated heterocycles. The van der Waals surface area contributed by atoms with Crippen molar-refractivity contribution in [2.75, 3.05) is 0 Å². The summed E-state index contributed by atoms with van der Waals surface area (Å²) in [5, 5.41) is 0. The van der Waals surface area contributed by atoms with Gasteiger partial charge in [0.15, 0.2) is 0 Å². The molecule has 0 aliphatic rings. The lowest BCUT2D eigenvalue weighted by molar-refractivity contribution is 0.457. The number of nitrogens with zero attached hydrogens (tertiary/aromatic N) is 1. The molecule has 0 aliphatic heterocycles. The summed E-state index contributed by atoms with van der Waals surface area (Å²) in [5.74, 6) is 0.893. The van der Waals surface area contributed by atoms with E-state index in [9.17, 15) is 4.79 Å². The van der Waals surface area contributed by atoms with Gasteiger partial charge in [-0.2, -0.15) is 0 Å². The van der Waals surface area contributed by atoms with Crippen LogP contribution in [-0.4, -0.2) is 9.97 Å². The highest BCUT2D eigenvalue weighted by Gasteiger charge is 2.07. The average molecular weight is 393 g/mol. The van der Waals surface area contributed by atoms with E-state index in [0.29, 0.717) is 5.75 Å². The Kier molecular flexibility index (Phi) is 3.59. The van der Waals surface area contributed by atoms with E-state index in [2.05, 4.69) is 48.5 Å². The molecular formula is C10H6BrIN2O2. The van der Waals surface area contributed by atoms with Crippen LogP contribution in [-0.2, 0) is 0 Å². The van der Waals surface area contributed by atoms with Crippen LogP contribution in [0, 0.1) is 3.57 Å². The molecule has 16 heavy (non-hydrogen) atoms. The van der Waals surface area contributed by atoms with Crippen molar-refractivity contribution in [3.8, 4) is 11.6 Å². The predicted molar refractivity (Wildman–Crippen MR) is 71.8 cm³/mol. The van der Waals surface area contributed by atoms with Crippen LogP contribution in [0.1, 0.15) is 0 Å². The second kappa shape index (κ2) is 4.96. The molecule has 1 N–H and O–H groups in total. The maximum atomic E-state index is 11.3. The quantitative estimate of drug-likeness (QED) is 0.799. The molecule has 0 saturated carbocycles. The summed E-state index contributed by atoms with van der Waals surface area (Å²) in [7, 11) is 0. The summed E-state index contributed by atoms with van der Waals surface area (Å²) in [5.41, 5.74) is -0.268. The summed E-state index contributed by atoms with van der Waals surface area (Å²) in [6.45, 7) is 0. The van der Waals surface area contributed by atoms with Crippen molar-refractivity contribution in [1.82, 2.24) is 9.97 Å². The van der Waals surface area contributed by atoms with Gasteiger partial charge in [-0.3, -0.25) is 4.79 Å². The first-order valence-electron chi connectivity index (χ1n) is 4.33. The van der Waals surface area contributed by atoms with Crippen molar-refractivity contribution < 1.29 is 4.74 Å². The third-order valence-corrected chi connectivity index (χ3v) is 3.21. The van der Waals surface area contributed by atoms with E-state index in [-0.39, 0.29) is 15.9 Å².